The van der Waals surface area contributed by atoms with Crippen molar-refractivity contribution >= 4 is 18.0 Å². The van der Waals surface area contributed by atoms with E-state index in [1.807, 2.05) is 19.1 Å². The lowest BCUT2D eigenvalue weighted by molar-refractivity contribution is -0.140. The average molecular weight is 324 g/mol. The van der Waals surface area contributed by atoms with E-state index in [2.05, 4.69) is 17.3 Å². The first-order chi connectivity index (χ1) is 11.6. The fraction of sp³-hybridized carbons (Fsp3) is 0.389. The number of hydrogen-bond acceptors (Lipinski definition) is 5. The Kier molecular flexibility index (Phi) is 2.69. The number of amides is 2. The number of carbonyl (C=O) groups excluding carboxylic acids is 2. The number of benzene rings is 1. The molecule has 2 bridgehead atoms. The fourth-order valence-corrected chi connectivity index (χ4v) is 4.32. The smallest absolute Gasteiger partial charge is 0.254 e. The average Bonchev–Trinajstić information content (AvgIpc) is 3.31. The van der Waals surface area contributed by atoms with Crippen LogP contribution in [0.25, 0.3) is 0 Å². The Hall–Kier alpha value is -2.63. The molecule has 24 heavy (non-hydrogen) atoms. The Balaban J connectivity index is 1.44. The first-order valence-corrected chi connectivity index (χ1v) is 8.14. The van der Waals surface area contributed by atoms with Crippen molar-refractivity contribution in [2.24, 2.45) is 28.8 Å². The van der Waals surface area contributed by atoms with Crippen LogP contribution in [0.5, 0.6) is 11.5 Å². The van der Waals surface area contributed by atoms with Crippen LogP contribution in [0.3, 0.4) is 0 Å². The van der Waals surface area contributed by atoms with E-state index in [9.17, 15) is 9.59 Å². The van der Waals surface area contributed by atoms with Crippen molar-refractivity contribution < 1.29 is 19.1 Å². The van der Waals surface area contributed by atoms with Crippen LogP contribution in [-0.2, 0) is 9.59 Å². The normalized spacial score (nSPS) is 32.5. The van der Waals surface area contributed by atoms with Gasteiger partial charge in [0.25, 0.3) is 11.8 Å². The second kappa shape index (κ2) is 4.69. The Labute approximate surface area is 138 Å². The molecule has 122 valence electrons. The van der Waals surface area contributed by atoms with Gasteiger partial charge in [-0.3, -0.25) is 9.59 Å². The standard InChI is InChI=1S/C18H16N2O4/c1-9-4-13-14(24-8-23-13)6-12(9)7-19-20-17(21)15-10-2-3-11(5-10)16(15)18(20)22/h2-4,6-7,10-11,15-16H,5,8H2,1H3. The SMILES string of the molecule is Cc1cc2c(cc1C=NN1C(=O)C3C4C=CC(C4)C3C1=O)OCO2. The Morgan fingerprint density at radius 2 is 1.71 bits per heavy atom. The first-order valence-electron chi connectivity index (χ1n) is 8.14. The molecule has 5 rings (SSSR count). The van der Waals surface area contributed by atoms with Crippen LogP contribution in [0, 0.1) is 30.6 Å². The van der Waals surface area contributed by atoms with Crippen molar-refractivity contribution in [3.8, 4) is 11.5 Å². The third-order valence-corrected chi connectivity index (χ3v) is 5.52. The molecule has 1 saturated carbocycles. The maximum Gasteiger partial charge on any atom is 0.254 e. The van der Waals surface area contributed by atoms with Crippen LogP contribution in [-0.4, -0.2) is 29.8 Å². The highest BCUT2D eigenvalue weighted by atomic mass is 16.7. The minimum absolute atomic E-state index is 0.170. The Morgan fingerprint density at radius 1 is 1.08 bits per heavy atom. The molecule has 4 atom stereocenters. The van der Waals surface area contributed by atoms with Gasteiger partial charge >= 0.3 is 0 Å². The number of hydrazone groups is 1. The molecule has 0 spiro atoms. The predicted molar refractivity (Wildman–Crippen MR) is 84.5 cm³/mol. The van der Waals surface area contributed by atoms with Crippen molar-refractivity contribution in [2.45, 2.75) is 13.3 Å². The molecule has 2 heterocycles. The number of hydrogen-bond donors (Lipinski definition) is 0. The van der Waals surface area contributed by atoms with E-state index in [1.54, 1.807) is 6.21 Å². The van der Waals surface area contributed by atoms with Crippen LogP contribution < -0.4 is 9.47 Å². The lowest BCUT2D eigenvalue weighted by Gasteiger charge is -2.13. The zero-order valence-corrected chi connectivity index (χ0v) is 13.1. The van der Waals surface area contributed by atoms with Crippen LogP contribution in [0.15, 0.2) is 29.4 Å². The molecule has 0 radical (unpaired) electrons. The second-order valence-corrected chi connectivity index (χ2v) is 6.79. The number of aryl methyl sites for hydroxylation is 1. The number of allylic oxidation sites excluding steroid dienone is 2. The molecule has 1 saturated heterocycles. The fourth-order valence-electron chi connectivity index (χ4n) is 4.32. The van der Waals surface area contributed by atoms with Gasteiger partial charge in [-0.05, 0) is 42.9 Å². The van der Waals surface area contributed by atoms with Crippen molar-refractivity contribution in [1.82, 2.24) is 5.01 Å². The molecule has 6 heteroatoms. The van der Waals surface area contributed by atoms with Gasteiger partial charge in [0, 0.05) is 5.56 Å². The molecule has 2 amide bonds. The van der Waals surface area contributed by atoms with Crippen LogP contribution >= 0.6 is 0 Å². The molecule has 4 unspecified atom stereocenters. The molecule has 0 N–H and O–H groups in total. The maximum atomic E-state index is 12.6. The van der Waals surface area contributed by atoms with Crippen LogP contribution in [0.1, 0.15) is 17.5 Å². The number of carbonyl (C=O) groups is 2. The number of ether oxygens (including phenoxy) is 2. The van der Waals surface area contributed by atoms with Crippen LogP contribution in [0.2, 0.25) is 0 Å². The first kappa shape index (κ1) is 13.8. The molecule has 6 nitrogen and oxygen atoms in total. The third kappa shape index (κ3) is 1.74. The molecule has 0 aromatic heterocycles. The molecule has 4 aliphatic rings. The molecule has 2 aliphatic heterocycles. The number of imide groups is 1. The van der Waals surface area contributed by atoms with Gasteiger partial charge in [0.15, 0.2) is 11.5 Å². The van der Waals surface area contributed by atoms with E-state index in [-0.39, 0.29) is 42.3 Å². The third-order valence-electron chi connectivity index (χ3n) is 5.52. The van der Waals surface area contributed by atoms with Gasteiger partial charge in [0.05, 0.1) is 18.1 Å². The van der Waals surface area contributed by atoms with Gasteiger partial charge in [0.2, 0.25) is 6.79 Å². The molecule has 2 fully saturated rings. The summed E-state index contributed by atoms with van der Waals surface area (Å²) in [4.78, 5) is 25.2. The Bertz CT molecular complexity index is 799. The van der Waals surface area contributed by atoms with Gasteiger partial charge in [-0.1, -0.05) is 12.2 Å². The van der Waals surface area contributed by atoms with Crippen molar-refractivity contribution in [2.75, 3.05) is 6.79 Å². The highest BCUT2D eigenvalue weighted by Crippen LogP contribution is 2.52. The summed E-state index contributed by atoms with van der Waals surface area (Å²) in [5.41, 5.74) is 1.75. The number of fused-ring (bicyclic) bond motifs is 6. The summed E-state index contributed by atoms with van der Waals surface area (Å²) in [5.74, 6) is 0.973. The van der Waals surface area contributed by atoms with E-state index < -0.39 is 0 Å². The van der Waals surface area contributed by atoms with E-state index in [0.29, 0.717) is 11.5 Å². The van der Waals surface area contributed by atoms with Crippen LogP contribution in [0.4, 0.5) is 0 Å². The summed E-state index contributed by atoms with van der Waals surface area (Å²) in [6, 6.07) is 3.69. The highest BCUT2D eigenvalue weighted by molar-refractivity contribution is 6.06. The van der Waals surface area contributed by atoms with Crippen molar-refractivity contribution in [3.63, 3.8) is 0 Å². The predicted octanol–water partition coefficient (Wildman–Crippen LogP) is 1.86. The Morgan fingerprint density at radius 3 is 2.38 bits per heavy atom. The summed E-state index contributed by atoms with van der Waals surface area (Å²) in [7, 11) is 0. The molecule has 1 aromatic rings. The molecular formula is C18H16N2O4. The molecule has 2 aliphatic carbocycles. The monoisotopic (exact) mass is 324 g/mol. The topological polar surface area (TPSA) is 68.2 Å². The lowest BCUT2D eigenvalue weighted by Crippen LogP contribution is -2.28. The van der Waals surface area contributed by atoms with Crippen molar-refractivity contribution in [3.05, 3.63) is 35.4 Å². The minimum Gasteiger partial charge on any atom is -0.454 e. The zero-order chi connectivity index (χ0) is 16.4. The quantitative estimate of drug-likeness (QED) is 0.473. The zero-order valence-electron chi connectivity index (χ0n) is 13.1. The van der Waals surface area contributed by atoms with E-state index >= 15 is 0 Å². The largest absolute Gasteiger partial charge is 0.454 e. The van der Waals surface area contributed by atoms with E-state index in [0.717, 1.165) is 22.6 Å². The minimum atomic E-state index is -0.220. The summed E-state index contributed by atoms with van der Waals surface area (Å²) in [6.45, 7) is 2.13. The van der Waals surface area contributed by atoms with E-state index in [1.165, 1.54) is 0 Å². The summed E-state index contributed by atoms with van der Waals surface area (Å²) >= 11 is 0. The van der Waals surface area contributed by atoms with Gasteiger partial charge in [-0.15, -0.1) is 0 Å². The number of nitrogens with zero attached hydrogens (tertiary/aromatic N) is 2. The number of rotatable bonds is 2. The van der Waals surface area contributed by atoms with Gasteiger partial charge < -0.3 is 9.47 Å². The molecule has 1 aromatic carbocycles. The molecular weight excluding hydrogens is 308 g/mol. The van der Waals surface area contributed by atoms with Gasteiger partial charge in [-0.2, -0.15) is 10.1 Å². The van der Waals surface area contributed by atoms with Crippen molar-refractivity contribution in [1.29, 1.82) is 0 Å². The highest BCUT2D eigenvalue weighted by Gasteiger charge is 2.59. The summed E-state index contributed by atoms with van der Waals surface area (Å²) in [5, 5.41) is 5.27. The second-order valence-electron chi connectivity index (χ2n) is 6.79. The maximum absolute atomic E-state index is 12.6. The summed E-state index contributed by atoms with van der Waals surface area (Å²) in [6.07, 6.45) is 6.63. The summed E-state index contributed by atoms with van der Waals surface area (Å²) < 4.78 is 10.7. The lowest BCUT2D eigenvalue weighted by atomic mass is 9.85. The van der Waals surface area contributed by atoms with E-state index in [4.69, 9.17) is 9.47 Å². The van der Waals surface area contributed by atoms with Gasteiger partial charge in [0.1, 0.15) is 0 Å². The van der Waals surface area contributed by atoms with Gasteiger partial charge in [-0.25, -0.2) is 0 Å².